The van der Waals surface area contributed by atoms with Gasteiger partial charge in [-0.2, -0.15) is 0 Å². The molecule has 1 fully saturated rings. The molecule has 1 aliphatic carbocycles. The summed E-state index contributed by atoms with van der Waals surface area (Å²) >= 11 is 6.80. The molecule has 0 aromatic heterocycles. The fourth-order valence-electron chi connectivity index (χ4n) is 2.42. The first-order valence-electron chi connectivity index (χ1n) is 6.29. The maximum Gasteiger partial charge on any atom is 0.137 e. The van der Waals surface area contributed by atoms with E-state index in [1.165, 1.54) is 38.2 Å². The lowest BCUT2D eigenvalue weighted by molar-refractivity contribution is 0.122. The Labute approximate surface area is 124 Å². The van der Waals surface area contributed by atoms with Crippen LogP contribution in [0.3, 0.4) is 0 Å². The normalized spacial score (nSPS) is 18.6. The molecule has 0 N–H and O–H groups in total. The molecule has 0 spiro atoms. The molecule has 1 aromatic carbocycles. The molecule has 2 rings (SSSR count). The van der Waals surface area contributed by atoms with E-state index in [9.17, 15) is 4.39 Å². The van der Waals surface area contributed by atoms with Crippen molar-refractivity contribution in [2.75, 3.05) is 11.9 Å². The predicted octanol–water partition coefficient (Wildman–Crippen LogP) is 5.31. The number of hydrogen-bond acceptors (Lipinski definition) is 1. The van der Waals surface area contributed by atoms with E-state index in [1.807, 2.05) is 0 Å². The fraction of sp³-hybridized carbons (Fsp3) is 0.571. The first-order chi connectivity index (χ1) is 8.65. The molecule has 100 valence electrons. The zero-order chi connectivity index (χ0) is 13.0. The third-order valence-electron chi connectivity index (χ3n) is 3.63. The van der Waals surface area contributed by atoms with Crippen LogP contribution in [0.2, 0.25) is 0 Å². The maximum absolute atomic E-state index is 13.1. The largest absolute Gasteiger partial charge is 0.493 e. The second-order valence-corrected chi connectivity index (χ2v) is 6.47. The molecular formula is C14H17Br2FO. The van der Waals surface area contributed by atoms with Crippen molar-refractivity contribution in [2.24, 2.45) is 5.41 Å². The van der Waals surface area contributed by atoms with Crippen LogP contribution in [0.4, 0.5) is 4.39 Å². The van der Waals surface area contributed by atoms with Gasteiger partial charge in [-0.15, -0.1) is 0 Å². The molecule has 0 unspecified atom stereocenters. The predicted molar refractivity (Wildman–Crippen MR) is 78.9 cm³/mol. The number of ether oxygens (including phenoxy) is 1. The minimum Gasteiger partial charge on any atom is -0.493 e. The third-order valence-corrected chi connectivity index (χ3v) is 5.43. The van der Waals surface area contributed by atoms with E-state index in [2.05, 4.69) is 31.9 Å². The average Bonchev–Trinajstić information content (AvgIpc) is 2.41. The van der Waals surface area contributed by atoms with Crippen molar-refractivity contribution < 1.29 is 9.13 Å². The molecule has 1 nitrogen and oxygen atoms in total. The molecule has 0 radical (unpaired) electrons. The highest BCUT2D eigenvalue weighted by Gasteiger charge is 2.31. The van der Waals surface area contributed by atoms with E-state index in [0.717, 1.165) is 11.1 Å². The van der Waals surface area contributed by atoms with Gasteiger partial charge < -0.3 is 4.74 Å². The minimum atomic E-state index is -0.254. The summed E-state index contributed by atoms with van der Waals surface area (Å²) in [4.78, 5) is 0. The van der Waals surface area contributed by atoms with Gasteiger partial charge in [0, 0.05) is 10.7 Å². The van der Waals surface area contributed by atoms with Crippen LogP contribution in [-0.2, 0) is 0 Å². The number of hydrogen-bond donors (Lipinski definition) is 0. The molecule has 0 amide bonds. The topological polar surface area (TPSA) is 9.23 Å². The van der Waals surface area contributed by atoms with Gasteiger partial charge in [-0.25, -0.2) is 4.39 Å². The van der Waals surface area contributed by atoms with Gasteiger partial charge in [0.05, 0.1) is 11.1 Å². The highest BCUT2D eigenvalue weighted by Crippen LogP contribution is 2.38. The fourth-order valence-corrected chi connectivity index (χ4v) is 3.50. The minimum absolute atomic E-state index is 0.249. The molecule has 0 atom stereocenters. The molecular weight excluding hydrogens is 363 g/mol. The molecule has 0 saturated heterocycles. The number of rotatable bonds is 4. The van der Waals surface area contributed by atoms with Crippen LogP contribution in [0.15, 0.2) is 22.7 Å². The Kier molecular flexibility index (Phi) is 5.07. The van der Waals surface area contributed by atoms with Crippen LogP contribution in [-0.4, -0.2) is 11.9 Å². The molecule has 0 heterocycles. The zero-order valence-corrected chi connectivity index (χ0v) is 13.4. The maximum atomic E-state index is 13.1. The van der Waals surface area contributed by atoms with Crippen molar-refractivity contribution in [1.82, 2.24) is 0 Å². The van der Waals surface area contributed by atoms with Crippen LogP contribution in [0.25, 0.3) is 0 Å². The lowest BCUT2D eigenvalue weighted by atomic mass is 9.76. The van der Waals surface area contributed by atoms with E-state index in [-0.39, 0.29) is 11.2 Å². The first kappa shape index (κ1) is 14.3. The average molecular weight is 380 g/mol. The Balaban J connectivity index is 1.98. The van der Waals surface area contributed by atoms with E-state index in [0.29, 0.717) is 11.1 Å². The highest BCUT2D eigenvalue weighted by molar-refractivity contribution is 9.10. The number of alkyl halides is 1. The van der Waals surface area contributed by atoms with E-state index in [1.54, 1.807) is 12.1 Å². The Morgan fingerprint density at radius 2 is 1.94 bits per heavy atom. The summed E-state index contributed by atoms with van der Waals surface area (Å²) in [6, 6.07) is 4.81. The summed E-state index contributed by atoms with van der Waals surface area (Å²) in [6.07, 6.45) is 6.31. The van der Waals surface area contributed by atoms with Crippen molar-refractivity contribution in [3.05, 3.63) is 28.5 Å². The summed E-state index contributed by atoms with van der Waals surface area (Å²) < 4.78 is 19.4. The Hall–Kier alpha value is -0.0900. The second-order valence-electron chi connectivity index (χ2n) is 5.06. The Bertz CT molecular complexity index is 403. The standard InChI is InChI=1S/C14H17Br2FO/c15-9-14(6-2-1-3-7-14)10-18-11-4-5-13(17)12(16)8-11/h4-5,8H,1-3,6-7,9-10H2. The summed E-state index contributed by atoms with van der Waals surface area (Å²) in [7, 11) is 0. The number of benzene rings is 1. The van der Waals surface area contributed by atoms with Gasteiger partial charge in [-0.3, -0.25) is 0 Å². The van der Waals surface area contributed by atoms with Crippen LogP contribution in [0, 0.1) is 11.2 Å². The second kappa shape index (κ2) is 6.38. The van der Waals surface area contributed by atoms with Crippen molar-refractivity contribution in [1.29, 1.82) is 0 Å². The molecule has 1 saturated carbocycles. The van der Waals surface area contributed by atoms with Gasteiger partial charge in [0.2, 0.25) is 0 Å². The SMILES string of the molecule is Fc1ccc(OCC2(CBr)CCCCC2)cc1Br. The van der Waals surface area contributed by atoms with E-state index >= 15 is 0 Å². The zero-order valence-electron chi connectivity index (χ0n) is 10.2. The monoisotopic (exact) mass is 378 g/mol. The Morgan fingerprint density at radius 1 is 1.22 bits per heavy atom. The van der Waals surface area contributed by atoms with Crippen LogP contribution >= 0.6 is 31.9 Å². The van der Waals surface area contributed by atoms with E-state index < -0.39 is 0 Å². The van der Waals surface area contributed by atoms with Gasteiger partial charge in [0.1, 0.15) is 11.6 Å². The van der Waals surface area contributed by atoms with Gasteiger partial charge in [0.25, 0.3) is 0 Å². The smallest absolute Gasteiger partial charge is 0.137 e. The molecule has 18 heavy (non-hydrogen) atoms. The molecule has 1 aromatic rings. The Morgan fingerprint density at radius 3 is 2.56 bits per heavy atom. The van der Waals surface area contributed by atoms with Crippen molar-refractivity contribution in [3.63, 3.8) is 0 Å². The highest BCUT2D eigenvalue weighted by atomic mass is 79.9. The summed E-state index contributed by atoms with van der Waals surface area (Å²) in [6.45, 7) is 0.705. The molecule has 0 bridgehead atoms. The van der Waals surface area contributed by atoms with Gasteiger partial charge in [0.15, 0.2) is 0 Å². The van der Waals surface area contributed by atoms with Gasteiger partial charge in [-0.1, -0.05) is 35.2 Å². The van der Waals surface area contributed by atoms with Crippen molar-refractivity contribution in [3.8, 4) is 5.75 Å². The van der Waals surface area contributed by atoms with Crippen molar-refractivity contribution >= 4 is 31.9 Å². The summed E-state index contributed by atoms with van der Waals surface area (Å²) in [5.41, 5.74) is 0.249. The molecule has 1 aliphatic rings. The molecule has 0 aliphatic heterocycles. The van der Waals surface area contributed by atoms with Crippen LogP contribution < -0.4 is 4.74 Å². The third kappa shape index (κ3) is 3.47. The first-order valence-corrected chi connectivity index (χ1v) is 8.20. The lowest BCUT2D eigenvalue weighted by Gasteiger charge is -2.35. The summed E-state index contributed by atoms with van der Waals surface area (Å²) in [5, 5.41) is 0.975. The quantitative estimate of drug-likeness (QED) is 0.644. The lowest BCUT2D eigenvalue weighted by Crippen LogP contribution is -2.32. The number of halogens is 3. The van der Waals surface area contributed by atoms with Crippen molar-refractivity contribution in [2.45, 2.75) is 32.1 Å². The van der Waals surface area contributed by atoms with Gasteiger partial charge in [-0.05, 0) is 47.0 Å². The summed E-state index contributed by atoms with van der Waals surface area (Å²) in [5.74, 6) is 0.476. The van der Waals surface area contributed by atoms with Crippen LogP contribution in [0.1, 0.15) is 32.1 Å². The van der Waals surface area contributed by atoms with Gasteiger partial charge >= 0.3 is 0 Å². The molecule has 4 heteroatoms. The van der Waals surface area contributed by atoms with Crippen LogP contribution in [0.5, 0.6) is 5.75 Å². The van der Waals surface area contributed by atoms with E-state index in [4.69, 9.17) is 4.74 Å².